The molecule has 1 aliphatic heterocycles. The van der Waals surface area contributed by atoms with Gasteiger partial charge in [0.05, 0.1) is 11.9 Å². The van der Waals surface area contributed by atoms with E-state index in [1.165, 1.54) is 17.3 Å². The monoisotopic (exact) mass is 469 g/mol. The Bertz CT molecular complexity index is 1280. The normalized spacial score (nSPS) is 14.5. The molecule has 2 N–H and O–H groups in total. The zero-order valence-corrected chi connectivity index (χ0v) is 20.2. The quantitative estimate of drug-likeness (QED) is 0.423. The van der Waals surface area contributed by atoms with Gasteiger partial charge in [0.1, 0.15) is 17.2 Å². The molecule has 3 aromatic carbocycles. The van der Waals surface area contributed by atoms with Crippen LogP contribution in [0.25, 0.3) is 16.9 Å². The van der Waals surface area contributed by atoms with Gasteiger partial charge >= 0.3 is 0 Å². The van der Waals surface area contributed by atoms with Crippen LogP contribution in [0.2, 0.25) is 0 Å². The van der Waals surface area contributed by atoms with Crippen LogP contribution in [0.4, 0.5) is 5.69 Å². The molecule has 4 aromatic rings. The Kier molecular flexibility index (Phi) is 6.42. The Labute approximate surface area is 205 Å². The summed E-state index contributed by atoms with van der Waals surface area (Å²) in [6.07, 6.45) is 1.69. The number of benzene rings is 3. The van der Waals surface area contributed by atoms with E-state index in [9.17, 15) is 10.2 Å². The van der Waals surface area contributed by atoms with Gasteiger partial charge in [0, 0.05) is 50.0 Å². The lowest BCUT2D eigenvalue weighted by Gasteiger charge is -2.36. The SMILES string of the molecule is CC(C)c1cc(-n2nncc2-c2ccc(CN3CCN(c4ccccc4)CC3)cc2)c(O)cc1O. The van der Waals surface area contributed by atoms with Crippen molar-refractivity contribution in [1.82, 2.24) is 19.9 Å². The van der Waals surface area contributed by atoms with Crippen molar-refractivity contribution in [2.45, 2.75) is 26.3 Å². The molecule has 0 aliphatic carbocycles. The molecule has 7 heteroatoms. The van der Waals surface area contributed by atoms with Gasteiger partial charge in [-0.05, 0) is 35.2 Å². The van der Waals surface area contributed by atoms with Gasteiger partial charge in [-0.1, -0.05) is 61.5 Å². The van der Waals surface area contributed by atoms with E-state index in [1.54, 1.807) is 16.9 Å². The van der Waals surface area contributed by atoms with Gasteiger partial charge in [0.25, 0.3) is 0 Å². The lowest BCUT2D eigenvalue weighted by Crippen LogP contribution is -2.45. The number of phenolic OH excluding ortho intramolecular Hbond substituents is 2. The first-order valence-corrected chi connectivity index (χ1v) is 12.1. The van der Waals surface area contributed by atoms with Gasteiger partial charge in [-0.2, -0.15) is 0 Å². The zero-order chi connectivity index (χ0) is 24.4. The van der Waals surface area contributed by atoms with Crippen LogP contribution in [0.5, 0.6) is 11.5 Å². The highest BCUT2D eigenvalue weighted by molar-refractivity contribution is 5.64. The summed E-state index contributed by atoms with van der Waals surface area (Å²) in [5.41, 5.74) is 5.55. The predicted molar refractivity (Wildman–Crippen MR) is 138 cm³/mol. The molecule has 2 heterocycles. The van der Waals surface area contributed by atoms with Crippen LogP contribution in [0.3, 0.4) is 0 Å². The average molecular weight is 470 g/mol. The van der Waals surface area contributed by atoms with Crippen LogP contribution in [-0.4, -0.2) is 56.3 Å². The van der Waals surface area contributed by atoms with Gasteiger partial charge in [-0.25, -0.2) is 4.68 Å². The summed E-state index contributed by atoms with van der Waals surface area (Å²) in [6, 6.07) is 22.2. The molecule has 0 atom stereocenters. The van der Waals surface area contributed by atoms with Gasteiger partial charge in [0.15, 0.2) is 0 Å². The van der Waals surface area contributed by atoms with Crippen molar-refractivity contribution in [3.8, 4) is 28.4 Å². The number of aromatic hydroxyl groups is 2. The molecule has 7 nitrogen and oxygen atoms in total. The van der Waals surface area contributed by atoms with E-state index in [4.69, 9.17) is 0 Å². The molecule has 180 valence electrons. The average Bonchev–Trinajstić information content (AvgIpc) is 3.35. The van der Waals surface area contributed by atoms with Crippen molar-refractivity contribution < 1.29 is 10.2 Å². The number of hydrogen-bond acceptors (Lipinski definition) is 6. The van der Waals surface area contributed by atoms with E-state index in [-0.39, 0.29) is 17.4 Å². The maximum atomic E-state index is 10.5. The number of piperazine rings is 1. The van der Waals surface area contributed by atoms with Gasteiger partial charge in [-0.3, -0.25) is 4.90 Å². The molecule has 0 spiro atoms. The Morgan fingerprint density at radius 2 is 1.57 bits per heavy atom. The number of aromatic nitrogens is 3. The minimum atomic E-state index is -0.0371. The van der Waals surface area contributed by atoms with Crippen molar-refractivity contribution >= 4 is 5.69 Å². The molecule has 1 aromatic heterocycles. The lowest BCUT2D eigenvalue weighted by atomic mass is 10.0. The molecule has 1 fully saturated rings. The van der Waals surface area contributed by atoms with E-state index in [1.807, 2.05) is 13.8 Å². The Morgan fingerprint density at radius 3 is 2.26 bits per heavy atom. The first kappa shape index (κ1) is 22.9. The van der Waals surface area contributed by atoms with E-state index in [0.717, 1.165) is 49.5 Å². The fourth-order valence-electron chi connectivity index (χ4n) is 4.67. The number of rotatable bonds is 6. The molecular formula is C28H31N5O2. The summed E-state index contributed by atoms with van der Waals surface area (Å²) >= 11 is 0. The van der Waals surface area contributed by atoms with Gasteiger partial charge in [-0.15, -0.1) is 5.10 Å². The highest BCUT2D eigenvalue weighted by Crippen LogP contribution is 2.35. The van der Waals surface area contributed by atoms with E-state index >= 15 is 0 Å². The fourth-order valence-corrected chi connectivity index (χ4v) is 4.67. The second-order valence-corrected chi connectivity index (χ2v) is 9.38. The molecule has 0 radical (unpaired) electrons. The Morgan fingerprint density at radius 1 is 0.857 bits per heavy atom. The highest BCUT2D eigenvalue weighted by Gasteiger charge is 2.19. The standard InChI is InChI=1S/C28H31N5O2/c1-20(2)24-16-25(28(35)17-27(24)34)33-26(18-29-30-33)22-10-8-21(9-11-22)19-31-12-14-32(15-13-31)23-6-4-3-5-7-23/h3-11,16-18,20,34-35H,12-15,19H2,1-2H3. The van der Waals surface area contributed by atoms with E-state index in [0.29, 0.717) is 5.69 Å². The van der Waals surface area contributed by atoms with Gasteiger partial charge < -0.3 is 15.1 Å². The first-order chi connectivity index (χ1) is 17.0. The number of anilines is 1. The summed E-state index contributed by atoms with van der Waals surface area (Å²) in [4.78, 5) is 4.93. The Hall–Kier alpha value is -3.84. The first-order valence-electron chi connectivity index (χ1n) is 12.1. The van der Waals surface area contributed by atoms with Crippen molar-refractivity contribution in [3.63, 3.8) is 0 Å². The number of nitrogens with zero attached hydrogens (tertiary/aromatic N) is 5. The maximum Gasteiger partial charge on any atom is 0.145 e. The third-order valence-electron chi connectivity index (χ3n) is 6.67. The molecule has 1 saturated heterocycles. The van der Waals surface area contributed by atoms with Crippen molar-refractivity contribution in [2.75, 3.05) is 31.1 Å². The number of hydrogen-bond donors (Lipinski definition) is 2. The van der Waals surface area contributed by atoms with Crippen molar-refractivity contribution in [3.05, 3.63) is 84.1 Å². The van der Waals surface area contributed by atoms with E-state index in [2.05, 4.69) is 74.7 Å². The van der Waals surface area contributed by atoms with Crippen LogP contribution in [0.15, 0.2) is 72.9 Å². The summed E-state index contributed by atoms with van der Waals surface area (Å²) in [5, 5.41) is 29.0. The van der Waals surface area contributed by atoms with Crippen LogP contribution < -0.4 is 4.90 Å². The molecule has 5 rings (SSSR count). The smallest absolute Gasteiger partial charge is 0.145 e. The largest absolute Gasteiger partial charge is 0.508 e. The van der Waals surface area contributed by atoms with Gasteiger partial charge in [0.2, 0.25) is 0 Å². The minimum Gasteiger partial charge on any atom is -0.508 e. The zero-order valence-electron chi connectivity index (χ0n) is 20.2. The van der Waals surface area contributed by atoms with Crippen molar-refractivity contribution in [2.24, 2.45) is 0 Å². The third kappa shape index (κ3) is 4.86. The third-order valence-corrected chi connectivity index (χ3v) is 6.67. The molecule has 0 saturated carbocycles. The summed E-state index contributed by atoms with van der Waals surface area (Å²) in [6.45, 7) is 9.04. The van der Waals surface area contributed by atoms with Crippen LogP contribution in [0, 0.1) is 0 Å². The van der Waals surface area contributed by atoms with Crippen molar-refractivity contribution in [1.29, 1.82) is 0 Å². The molecular weight excluding hydrogens is 438 g/mol. The summed E-state index contributed by atoms with van der Waals surface area (Å²) in [7, 11) is 0. The lowest BCUT2D eigenvalue weighted by molar-refractivity contribution is 0.250. The minimum absolute atomic E-state index is 0.0371. The fraction of sp³-hybridized carbons (Fsp3) is 0.286. The molecule has 0 unspecified atom stereocenters. The molecule has 35 heavy (non-hydrogen) atoms. The molecule has 0 amide bonds. The summed E-state index contributed by atoms with van der Waals surface area (Å²) in [5.74, 6) is 0.150. The second kappa shape index (κ2) is 9.80. The van der Waals surface area contributed by atoms with Crippen LogP contribution in [-0.2, 0) is 6.54 Å². The topological polar surface area (TPSA) is 77.7 Å². The highest BCUT2D eigenvalue weighted by atomic mass is 16.3. The second-order valence-electron chi connectivity index (χ2n) is 9.38. The number of phenols is 2. The predicted octanol–water partition coefficient (Wildman–Crippen LogP) is 4.79. The van der Waals surface area contributed by atoms with Crippen LogP contribution >= 0.6 is 0 Å². The molecule has 1 aliphatic rings. The molecule has 0 bridgehead atoms. The Balaban J connectivity index is 1.29. The van der Waals surface area contributed by atoms with Crippen LogP contribution in [0.1, 0.15) is 30.9 Å². The summed E-state index contributed by atoms with van der Waals surface area (Å²) < 4.78 is 1.62. The number of para-hydroxylation sites is 1. The van der Waals surface area contributed by atoms with E-state index < -0.39 is 0 Å². The maximum absolute atomic E-state index is 10.5.